The fraction of sp³-hybridized carbons (Fsp3) is 0.143. The smallest absolute Gasteiger partial charge is 0.253 e. The number of para-hydroxylation sites is 1. The summed E-state index contributed by atoms with van der Waals surface area (Å²) in [6.45, 7) is 0.350. The maximum absolute atomic E-state index is 12.5. The number of anilines is 2. The maximum Gasteiger partial charge on any atom is 0.253 e. The third-order valence-corrected chi connectivity index (χ3v) is 4.31. The van der Waals surface area contributed by atoms with E-state index < -0.39 is 0 Å². The summed E-state index contributed by atoms with van der Waals surface area (Å²) >= 11 is 6.06. The van der Waals surface area contributed by atoms with Gasteiger partial charge in [-0.2, -0.15) is 0 Å². The Morgan fingerprint density at radius 1 is 1.04 bits per heavy atom. The van der Waals surface area contributed by atoms with Gasteiger partial charge in [0, 0.05) is 23.3 Å². The highest BCUT2D eigenvalue weighted by molar-refractivity contribution is 6.31. The van der Waals surface area contributed by atoms with Crippen molar-refractivity contribution in [3.05, 3.63) is 77.1 Å². The van der Waals surface area contributed by atoms with Gasteiger partial charge in [-0.15, -0.1) is 0 Å². The van der Waals surface area contributed by atoms with Crippen LogP contribution in [0, 0.1) is 0 Å². The van der Waals surface area contributed by atoms with Crippen LogP contribution in [-0.4, -0.2) is 25.1 Å². The zero-order chi connectivity index (χ0) is 19.9. The average molecular weight is 398 g/mol. The van der Waals surface area contributed by atoms with Crippen LogP contribution in [0.25, 0.3) is 0 Å². The van der Waals surface area contributed by atoms with Crippen molar-refractivity contribution in [2.75, 3.05) is 19.5 Å². The molecule has 0 aliphatic carbocycles. The van der Waals surface area contributed by atoms with Crippen LogP contribution in [0.15, 0.2) is 60.9 Å². The largest absolute Gasteiger partial charge is 0.496 e. The summed E-state index contributed by atoms with van der Waals surface area (Å²) in [5, 5.41) is 6.63. The van der Waals surface area contributed by atoms with E-state index in [9.17, 15) is 4.79 Å². The van der Waals surface area contributed by atoms with Gasteiger partial charge in [0.25, 0.3) is 5.91 Å². The molecule has 2 aromatic carbocycles. The molecule has 0 aliphatic heterocycles. The Kier molecular flexibility index (Phi) is 6.34. The minimum atomic E-state index is -0.236. The van der Waals surface area contributed by atoms with Gasteiger partial charge in [0.1, 0.15) is 11.5 Å². The molecule has 28 heavy (non-hydrogen) atoms. The highest BCUT2D eigenvalue weighted by Crippen LogP contribution is 2.30. The zero-order valence-corrected chi connectivity index (χ0v) is 16.3. The van der Waals surface area contributed by atoms with Crippen molar-refractivity contribution in [1.29, 1.82) is 0 Å². The van der Waals surface area contributed by atoms with E-state index >= 15 is 0 Å². The fourth-order valence-corrected chi connectivity index (χ4v) is 2.86. The van der Waals surface area contributed by atoms with E-state index in [1.54, 1.807) is 44.7 Å². The number of nitrogens with zero attached hydrogens (tertiary/aromatic N) is 1. The predicted octanol–water partition coefficient (Wildman–Crippen LogP) is 4.43. The molecule has 6 nitrogen and oxygen atoms in total. The van der Waals surface area contributed by atoms with Gasteiger partial charge < -0.3 is 20.1 Å². The van der Waals surface area contributed by atoms with Gasteiger partial charge in [0.2, 0.25) is 0 Å². The Bertz CT molecular complexity index is 979. The van der Waals surface area contributed by atoms with Gasteiger partial charge in [-0.05, 0) is 30.3 Å². The average Bonchev–Trinajstić information content (AvgIpc) is 2.72. The number of hydrogen-bond acceptors (Lipinski definition) is 5. The molecule has 0 atom stereocenters. The molecule has 7 heteroatoms. The van der Waals surface area contributed by atoms with Crippen LogP contribution in [-0.2, 0) is 6.54 Å². The predicted molar refractivity (Wildman–Crippen MR) is 110 cm³/mol. The molecule has 0 spiro atoms. The third kappa shape index (κ3) is 4.72. The van der Waals surface area contributed by atoms with E-state index in [1.165, 1.54) is 6.20 Å². The van der Waals surface area contributed by atoms with Gasteiger partial charge in [0.05, 0.1) is 37.4 Å². The van der Waals surface area contributed by atoms with Crippen LogP contribution >= 0.6 is 11.6 Å². The first-order valence-corrected chi connectivity index (χ1v) is 8.94. The second-order valence-corrected chi connectivity index (χ2v) is 6.36. The number of carbonyl (C=O) groups excluding carboxylic acids is 1. The Labute approximate surface area is 168 Å². The molecule has 0 bridgehead atoms. The highest BCUT2D eigenvalue weighted by Gasteiger charge is 2.10. The maximum atomic E-state index is 12.5. The number of aromatic nitrogens is 1. The quantitative estimate of drug-likeness (QED) is 0.617. The first kappa shape index (κ1) is 19.5. The number of halogens is 1. The molecule has 1 aromatic heterocycles. The summed E-state index contributed by atoms with van der Waals surface area (Å²) in [6, 6.07) is 14.5. The van der Waals surface area contributed by atoms with E-state index in [-0.39, 0.29) is 5.91 Å². The molecular formula is C21H20ClN3O3. The molecule has 0 fully saturated rings. The first-order valence-electron chi connectivity index (χ1n) is 8.56. The molecule has 0 unspecified atom stereocenters. The number of rotatable bonds is 7. The summed E-state index contributed by atoms with van der Waals surface area (Å²) in [6.07, 6.45) is 3.13. The lowest BCUT2D eigenvalue weighted by Crippen LogP contribution is -2.23. The molecule has 144 valence electrons. The number of pyridine rings is 1. The van der Waals surface area contributed by atoms with Crippen molar-refractivity contribution in [3.8, 4) is 11.5 Å². The van der Waals surface area contributed by atoms with Crippen LogP contribution in [0.3, 0.4) is 0 Å². The molecule has 0 aliphatic rings. The number of benzene rings is 2. The third-order valence-electron chi connectivity index (χ3n) is 4.07. The molecule has 3 aromatic rings. The molecule has 0 saturated heterocycles. The molecule has 0 radical (unpaired) electrons. The first-order chi connectivity index (χ1) is 13.6. The van der Waals surface area contributed by atoms with E-state index in [1.807, 2.05) is 24.3 Å². The standard InChI is InChI=1S/C21H20ClN3O3/c1-27-19-6-4-3-5-14(19)12-24-21(26)15-9-17(13-23-11-15)25-18-10-16(22)7-8-20(18)28-2/h3-11,13,25H,12H2,1-2H3,(H,24,26). The van der Waals surface area contributed by atoms with Gasteiger partial charge in [-0.25, -0.2) is 0 Å². The van der Waals surface area contributed by atoms with Gasteiger partial charge in [-0.3, -0.25) is 9.78 Å². The molecule has 1 amide bonds. The van der Waals surface area contributed by atoms with Crippen molar-refractivity contribution in [1.82, 2.24) is 10.3 Å². The van der Waals surface area contributed by atoms with E-state index in [2.05, 4.69) is 15.6 Å². The summed E-state index contributed by atoms with van der Waals surface area (Å²) in [5.74, 6) is 1.12. The van der Waals surface area contributed by atoms with Crippen molar-refractivity contribution in [2.45, 2.75) is 6.54 Å². The second kappa shape index (κ2) is 9.10. The molecule has 0 saturated carbocycles. The topological polar surface area (TPSA) is 72.5 Å². The summed E-state index contributed by atoms with van der Waals surface area (Å²) < 4.78 is 10.6. The van der Waals surface area contributed by atoms with Crippen molar-refractivity contribution in [2.24, 2.45) is 0 Å². The zero-order valence-electron chi connectivity index (χ0n) is 15.5. The molecule has 3 rings (SSSR count). The summed E-state index contributed by atoms with van der Waals surface area (Å²) in [7, 11) is 3.18. The fourth-order valence-electron chi connectivity index (χ4n) is 2.69. The van der Waals surface area contributed by atoms with Crippen LogP contribution in [0.5, 0.6) is 11.5 Å². The van der Waals surface area contributed by atoms with Crippen LogP contribution in [0.2, 0.25) is 5.02 Å². The van der Waals surface area contributed by atoms with Crippen molar-refractivity contribution >= 4 is 28.9 Å². The normalized spacial score (nSPS) is 10.2. The Morgan fingerprint density at radius 2 is 1.82 bits per heavy atom. The SMILES string of the molecule is COc1ccccc1CNC(=O)c1cncc(Nc2cc(Cl)ccc2OC)c1. The Hall–Kier alpha value is -3.25. The Morgan fingerprint density at radius 3 is 2.61 bits per heavy atom. The van der Waals surface area contributed by atoms with Gasteiger partial charge in [-0.1, -0.05) is 29.8 Å². The number of carbonyl (C=O) groups is 1. The number of ether oxygens (including phenoxy) is 2. The lowest BCUT2D eigenvalue weighted by atomic mass is 10.2. The van der Waals surface area contributed by atoms with Crippen LogP contribution < -0.4 is 20.1 Å². The summed E-state index contributed by atoms with van der Waals surface area (Å²) in [5.41, 5.74) is 2.65. The molecular weight excluding hydrogens is 378 g/mol. The monoisotopic (exact) mass is 397 g/mol. The van der Waals surface area contributed by atoms with Gasteiger partial charge in [0.15, 0.2) is 0 Å². The molecule has 2 N–H and O–H groups in total. The number of methoxy groups -OCH3 is 2. The van der Waals surface area contributed by atoms with E-state index in [0.29, 0.717) is 34.3 Å². The van der Waals surface area contributed by atoms with Crippen molar-refractivity contribution < 1.29 is 14.3 Å². The molecule has 1 heterocycles. The minimum Gasteiger partial charge on any atom is -0.496 e. The van der Waals surface area contributed by atoms with Crippen LogP contribution in [0.1, 0.15) is 15.9 Å². The Balaban J connectivity index is 1.72. The minimum absolute atomic E-state index is 0.236. The second-order valence-electron chi connectivity index (χ2n) is 5.93. The highest BCUT2D eigenvalue weighted by atomic mass is 35.5. The number of amides is 1. The van der Waals surface area contributed by atoms with Crippen molar-refractivity contribution in [3.63, 3.8) is 0 Å². The van der Waals surface area contributed by atoms with E-state index in [4.69, 9.17) is 21.1 Å². The number of nitrogens with one attached hydrogen (secondary N) is 2. The van der Waals surface area contributed by atoms with E-state index in [0.717, 1.165) is 11.3 Å². The van der Waals surface area contributed by atoms with Gasteiger partial charge >= 0.3 is 0 Å². The van der Waals surface area contributed by atoms with Crippen LogP contribution in [0.4, 0.5) is 11.4 Å². The number of hydrogen-bond donors (Lipinski definition) is 2. The summed E-state index contributed by atoms with van der Waals surface area (Å²) in [4.78, 5) is 16.7. The lowest BCUT2D eigenvalue weighted by Gasteiger charge is -2.12. The lowest BCUT2D eigenvalue weighted by molar-refractivity contribution is 0.0950.